The van der Waals surface area contributed by atoms with Crippen LogP contribution in [0.5, 0.6) is 0 Å². The summed E-state index contributed by atoms with van der Waals surface area (Å²) in [4.78, 5) is 4.36. The van der Waals surface area contributed by atoms with Crippen LogP contribution >= 0.6 is 35.0 Å². The number of hydrogen-bond donors (Lipinski definition) is 1. The SMILES string of the molecule is OC1CSCC1c1nc(Cc2ccc(Cl)c(Cl)c2)no1. The molecule has 0 saturated carbocycles. The van der Waals surface area contributed by atoms with E-state index in [4.69, 9.17) is 27.7 Å². The number of halogens is 2. The average molecular weight is 331 g/mol. The summed E-state index contributed by atoms with van der Waals surface area (Å²) in [6, 6.07) is 5.42. The second kappa shape index (κ2) is 5.93. The van der Waals surface area contributed by atoms with Crippen molar-refractivity contribution in [3.8, 4) is 0 Å². The molecule has 1 aliphatic rings. The van der Waals surface area contributed by atoms with E-state index >= 15 is 0 Å². The van der Waals surface area contributed by atoms with Crippen molar-refractivity contribution in [2.24, 2.45) is 0 Å². The molecule has 0 aliphatic carbocycles. The number of nitrogens with zero attached hydrogens (tertiary/aromatic N) is 2. The van der Waals surface area contributed by atoms with Crippen molar-refractivity contribution in [3.63, 3.8) is 0 Å². The van der Waals surface area contributed by atoms with E-state index in [-0.39, 0.29) is 5.92 Å². The first kappa shape index (κ1) is 14.2. The summed E-state index contributed by atoms with van der Waals surface area (Å²) in [5.41, 5.74) is 0.966. The summed E-state index contributed by atoms with van der Waals surface area (Å²) in [5.74, 6) is 2.57. The number of aliphatic hydroxyl groups excluding tert-OH is 1. The van der Waals surface area contributed by atoms with Crippen LogP contribution in [0.1, 0.15) is 23.2 Å². The van der Waals surface area contributed by atoms with Gasteiger partial charge in [-0.15, -0.1) is 0 Å². The summed E-state index contributed by atoms with van der Waals surface area (Å²) in [6.07, 6.45) is 0.120. The van der Waals surface area contributed by atoms with Gasteiger partial charge in [0.2, 0.25) is 5.89 Å². The zero-order chi connectivity index (χ0) is 14.1. The normalized spacial score (nSPS) is 22.4. The highest BCUT2D eigenvalue weighted by atomic mass is 35.5. The van der Waals surface area contributed by atoms with Crippen LogP contribution in [0.4, 0.5) is 0 Å². The van der Waals surface area contributed by atoms with Gasteiger partial charge in [-0.25, -0.2) is 0 Å². The van der Waals surface area contributed by atoms with Gasteiger partial charge in [0, 0.05) is 17.9 Å². The van der Waals surface area contributed by atoms with Crippen LogP contribution in [0, 0.1) is 0 Å². The lowest BCUT2D eigenvalue weighted by molar-refractivity contribution is 0.164. The third-order valence-corrected chi connectivity index (χ3v) is 5.11. The van der Waals surface area contributed by atoms with Crippen molar-refractivity contribution in [2.75, 3.05) is 11.5 Å². The Balaban J connectivity index is 1.75. The predicted molar refractivity (Wildman–Crippen MR) is 79.6 cm³/mol. The minimum atomic E-state index is -0.404. The summed E-state index contributed by atoms with van der Waals surface area (Å²) in [5, 5.41) is 14.8. The van der Waals surface area contributed by atoms with Gasteiger partial charge in [-0.05, 0) is 17.7 Å². The quantitative estimate of drug-likeness (QED) is 0.936. The van der Waals surface area contributed by atoms with Crippen LogP contribution in [-0.4, -0.2) is 32.9 Å². The van der Waals surface area contributed by atoms with Crippen LogP contribution in [0.15, 0.2) is 22.7 Å². The maximum atomic E-state index is 9.83. The van der Waals surface area contributed by atoms with Gasteiger partial charge in [0.1, 0.15) is 0 Å². The molecule has 1 aliphatic heterocycles. The monoisotopic (exact) mass is 330 g/mol. The highest BCUT2D eigenvalue weighted by molar-refractivity contribution is 7.99. The highest BCUT2D eigenvalue weighted by Gasteiger charge is 2.32. The first-order valence-corrected chi connectivity index (χ1v) is 8.07. The molecule has 1 aromatic carbocycles. The molecule has 1 saturated heterocycles. The third-order valence-electron chi connectivity index (χ3n) is 3.20. The van der Waals surface area contributed by atoms with Crippen LogP contribution in [0.3, 0.4) is 0 Å². The molecule has 2 heterocycles. The molecule has 1 N–H and O–H groups in total. The lowest BCUT2D eigenvalue weighted by Gasteiger charge is -2.06. The molecule has 1 fully saturated rings. The summed E-state index contributed by atoms with van der Waals surface area (Å²) >= 11 is 13.5. The Bertz CT molecular complexity index is 620. The molecule has 0 spiro atoms. The second-order valence-corrected chi connectivity index (χ2v) is 6.57. The number of aromatic nitrogens is 2. The van der Waals surface area contributed by atoms with Crippen LogP contribution < -0.4 is 0 Å². The number of aliphatic hydroxyl groups is 1. The van der Waals surface area contributed by atoms with Gasteiger partial charge in [0.25, 0.3) is 0 Å². The van der Waals surface area contributed by atoms with Crippen molar-refractivity contribution in [2.45, 2.75) is 18.4 Å². The van der Waals surface area contributed by atoms with Crippen molar-refractivity contribution in [3.05, 3.63) is 45.5 Å². The third kappa shape index (κ3) is 2.96. The van der Waals surface area contributed by atoms with E-state index in [1.165, 1.54) is 0 Å². The van der Waals surface area contributed by atoms with E-state index in [1.54, 1.807) is 23.9 Å². The molecule has 2 atom stereocenters. The summed E-state index contributed by atoms with van der Waals surface area (Å²) < 4.78 is 5.25. The van der Waals surface area contributed by atoms with Crippen LogP contribution in [-0.2, 0) is 6.42 Å². The first-order chi connectivity index (χ1) is 9.63. The summed E-state index contributed by atoms with van der Waals surface area (Å²) in [6.45, 7) is 0. The largest absolute Gasteiger partial charge is 0.391 e. The second-order valence-electron chi connectivity index (χ2n) is 4.69. The molecule has 106 valence electrons. The Hall–Kier alpha value is -0.750. The lowest BCUT2D eigenvalue weighted by Crippen LogP contribution is -2.15. The highest BCUT2D eigenvalue weighted by Crippen LogP contribution is 2.32. The van der Waals surface area contributed by atoms with Crippen LogP contribution in [0.25, 0.3) is 0 Å². The molecular weight excluding hydrogens is 319 g/mol. The van der Waals surface area contributed by atoms with E-state index in [0.29, 0.717) is 28.2 Å². The number of thioether (sulfide) groups is 1. The Kier molecular flexibility index (Phi) is 4.21. The number of hydrogen-bond acceptors (Lipinski definition) is 5. The first-order valence-electron chi connectivity index (χ1n) is 6.15. The number of benzene rings is 1. The average Bonchev–Trinajstić information content (AvgIpc) is 3.03. The van der Waals surface area contributed by atoms with Gasteiger partial charge in [-0.1, -0.05) is 34.4 Å². The van der Waals surface area contributed by atoms with E-state index in [1.807, 2.05) is 6.07 Å². The van der Waals surface area contributed by atoms with Crippen molar-refractivity contribution >= 4 is 35.0 Å². The van der Waals surface area contributed by atoms with E-state index in [0.717, 1.165) is 17.1 Å². The van der Waals surface area contributed by atoms with Crippen molar-refractivity contribution in [1.29, 1.82) is 0 Å². The fourth-order valence-electron chi connectivity index (χ4n) is 2.10. The molecular formula is C13H12Cl2N2O2S. The minimum absolute atomic E-state index is 0.0601. The summed E-state index contributed by atoms with van der Waals surface area (Å²) in [7, 11) is 0. The minimum Gasteiger partial charge on any atom is -0.391 e. The molecule has 7 heteroatoms. The Morgan fingerprint density at radius 1 is 1.30 bits per heavy atom. The Labute approximate surface area is 130 Å². The topological polar surface area (TPSA) is 59.2 Å². The van der Waals surface area contributed by atoms with Crippen molar-refractivity contribution in [1.82, 2.24) is 10.1 Å². The Morgan fingerprint density at radius 2 is 2.15 bits per heavy atom. The van der Waals surface area contributed by atoms with Gasteiger partial charge >= 0.3 is 0 Å². The predicted octanol–water partition coefficient (Wildman–Crippen LogP) is 3.16. The molecule has 2 aromatic rings. The van der Waals surface area contributed by atoms with E-state index in [2.05, 4.69) is 10.1 Å². The fraction of sp³-hybridized carbons (Fsp3) is 0.385. The zero-order valence-electron chi connectivity index (χ0n) is 10.4. The molecule has 1 aromatic heterocycles. The van der Waals surface area contributed by atoms with Gasteiger partial charge in [0.05, 0.1) is 22.1 Å². The molecule has 20 heavy (non-hydrogen) atoms. The zero-order valence-corrected chi connectivity index (χ0v) is 12.8. The van der Waals surface area contributed by atoms with Crippen LogP contribution in [0.2, 0.25) is 10.0 Å². The van der Waals surface area contributed by atoms with Gasteiger partial charge in [0.15, 0.2) is 5.82 Å². The molecule has 0 amide bonds. The number of rotatable bonds is 3. The van der Waals surface area contributed by atoms with E-state index in [9.17, 15) is 5.11 Å². The van der Waals surface area contributed by atoms with Gasteiger partial charge < -0.3 is 9.63 Å². The van der Waals surface area contributed by atoms with Gasteiger partial charge in [-0.2, -0.15) is 16.7 Å². The molecule has 3 rings (SSSR count). The Morgan fingerprint density at radius 3 is 2.85 bits per heavy atom. The smallest absolute Gasteiger partial charge is 0.233 e. The molecule has 2 unspecified atom stereocenters. The lowest BCUT2D eigenvalue weighted by atomic mass is 10.1. The standard InChI is InChI=1S/C13H12Cl2N2O2S/c14-9-2-1-7(3-10(9)15)4-12-16-13(19-17-12)8-5-20-6-11(8)18/h1-3,8,11,18H,4-6H2. The van der Waals surface area contributed by atoms with E-state index < -0.39 is 6.10 Å². The molecule has 0 bridgehead atoms. The maximum Gasteiger partial charge on any atom is 0.233 e. The fourth-order valence-corrected chi connectivity index (χ4v) is 3.65. The molecule has 4 nitrogen and oxygen atoms in total. The maximum absolute atomic E-state index is 9.83. The van der Waals surface area contributed by atoms with Gasteiger partial charge in [-0.3, -0.25) is 0 Å². The van der Waals surface area contributed by atoms with Crippen molar-refractivity contribution < 1.29 is 9.63 Å². The molecule has 0 radical (unpaired) electrons.